The first-order valence-electron chi connectivity index (χ1n) is 12.4. The Labute approximate surface area is 182 Å². The molecule has 4 saturated carbocycles. The number of hydrogen-bond acceptors (Lipinski definition) is 3. The average Bonchev–Trinajstić information content (AvgIpc) is 3.05. The van der Waals surface area contributed by atoms with E-state index >= 15 is 0 Å². The van der Waals surface area contributed by atoms with Crippen molar-refractivity contribution >= 4 is 5.97 Å². The molecule has 0 spiro atoms. The van der Waals surface area contributed by atoms with E-state index in [1.165, 1.54) is 18.4 Å². The van der Waals surface area contributed by atoms with E-state index in [4.69, 9.17) is 5.11 Å². The number of aliphatic hydroxyl groups excluding tert-OH is 2. The summed E-state index contributed by atoms with van der Waals surface area (Å²) in [6, 6.07) is 0. The predicted octanol–water partition coefficient (Wildman–Crippen LogP) is 5.03. The van der Waals surface area contributed by atoms with Gasteiger partial charge in [-0.25, -0.2) is 0 Å². The molecular formula is C26H42O4. The molecule has 4 fully saturated rings. The molecule has 4 aliphatic carbocycles. The Balaban J connectivity index is 1.63. The zero-order chi connectivity index (χ0) is 21.8. The molecule has 10 atom stereocenters. The van der Waals surface area contributed by atoms with Crippen molar-refractivity contribution in [3.8, 4) is 0 Å². The third-order valence-electron chi connectivity index (χ3n) is 10.5. The fourth-order valence-corrected chi connectivity index (χ4v) is 9.00. The fourth-order valence-electron chi connectivity index (χ4n) is 9.00. The molecule has 6 unspecified atom stereocenters. The molecule has 0 aliphatic heterocycles. The van der Waals surface area contributed by atoms with Crippen LogP contribution in [0.3, 0.4) is 0 Å². The van der Waals surface area contributed by atoms with Crippen molar-refractivity contribution in [2.45, 2.75) is 97.7 Å². The monoisotopic (exact) mass is 418 g/mol. The van der Waals surface area contributed by atoms with E-state index in [2.05, 4.69) is 33.8 Å². The number of rotatable bonds is 4. The van der Waals surface area contributed by atoms with E-state index in [1.807, 2.05) is 0 Å². The van der Waals surface area contributed by atoms with Crippen molar-refractivity contribution in [2.75, 3.05) is 0 Å². The summed E-state index contributed by atoms with van der Waals surface area (Å²) in [4.78, 5) is 11.1. The molecular weight excluding hydrogens is 376 g/mol. The lowest BCUT2D eigenvalue weighted by Crippen LogP contribution is -2.59. The Bertz CT molecular complexity index is 701. The van der Waals surface area contributed by atoms with Gasteiger partial charge in [0.1, 0.15) is 0 Å². The third kappa shape index (κ3) is 3.28. The van der Waals surface area contributed by atoms with Gasteiger partial charge in [-0.1, -0.05) is 26.8 Å². The number of allylic oxidation sites excluding steroid dienone is 1. The SMILES string of the molecule is C/C=C1\C(O)C2C(CC[C@@]3(C)C2CCC3[C@H](C)CCC(=O)O)[C@@]2(C)CC[C@@H](O)CC12. The second kappa shape index (κ2) is 7.92. The molecule has 4 nitrogen and oxygen atoms in total. The van der Waals surface area contributed by atoms with Crippen LogP contribution in [0.15, 0.2) is 11.6 Å². The van der Waals surface area contributed by atoms with Crippen LogP contribution >= 0.6 is 0 Å². The van der Waals surface area contributed by atoms with Gasteiger partial charge in [0.05, 0.1) is 12.2 Å². The molecule has 0 radical (unpaired) electrons. The molecule has 170 valence electrons. The average molecular weight is 419 g/mol. The van der Waals surface area contributed by atoms with Gasteiger partial charge in [-0.3, -0.25) is 4.79 Å². The van der Waals surface area contributed by atoms with Gasteiger partial charge in [-0.05, 0) is 110 Å². The van der Waals surface area contributed by atoms with Crippen LogP contribution in [-0.2, 0) is 4.79 Å². The zero-order valence-corrected chi connectivity index (χ0v) is 19.3. The molecule has 4 aliphatic rings. The quantitative estimate of drug-likeness (QED) is 0.559. The highest BCUT2D eigenvalue weighted by Crippen LogP contribution is 2.69. The number of carbonyl (C=O) groups is 1. The highest BCUT2D eigenvalue weighted by atomic mass is 16.4. The van der Waals surface area contributed by atoms with Gasteiger partial charge >= 0.3 is 5.97 Å². The summed E-state index contributed by atoms with van der Waals surface area (Å²) >= 11 is 0. The van der Waals surface area contributed by atoms with Crippen molar-refractivity contribution in [1.82, 2.24) is 0 Å². The largest absolute Gasteiger partial charge is 0.481 e. The van der Waals surface area contributed by atoms with Crippen molar-refractivity contribution in [1.29, 1.82) is 0 Å². The lowest BCUT2D eigenvalue weighted by atomic mass is 9.42. The summed E-state index contributed by atoms with van der Waals surface area (Å²) in [7, 11) is 0. The molecule has 4 heteroatoms. The minimum atomic E-state index is -0.691. The molecule has 0 aromatic carbocycles. The van der Waals surface area contributed by atoms with Crippen molar-refractivity contribution in [3.63, 3.8) is 0 Å². The molecule has 0 bridgehead atoms. The summed E-state index contributed by atoms with van der Waals surface area (Å²) in [6.07, 6.45) is 9.99. The van der Waals surface area contributed by atoms with E-state index in [-0.39, 0.29) is 29.5 Å². The topological polar surface area (TPSA) is 77.8 Å². The zero-order valence-electron chi connectivity index (χ0n) is 19.3. The van der Waals surface area contributed by atoms with Crippen LogP contribution in [0.25, 0.3) is 0 Å². The molecule has 3 N–H and O–H groups in total. The van der Waals surface area contributed by atoms with Gasteiger partial charge in [-0.15, -0.1) is 0 Å². The molecule has 0 heterocycles. The van der Waals surface area contributed by atoms with Crippen LogP contribution in [0.4, 0.5) is 0 Å². The van der Waals surface area contributed by atoms with Crippen LogP contribution in [0, 0.1) is 46.3 Å². The van der Waals surface area contributed by atoms with Gasteiger partial charge < -0.3 is 15.3 Å². The van der Waals surface area contributed by atoms with E-state index in [0.717, 1.165) is 38.5 Å². The van der Waals surface area contributed by atoms with Gasteiger partial charge in [0, 0.05) is 6.42 Å². The number of carboxylic acids is 1. The molecule has 0 aromatic heterocycles. The summed E-state index contributed by atoms with van der Waals surface area (Å²) in [6.45, 7) is 9.21. The number of aliphatic carboxylic acids is 1. The summed E-state index contributed by atoms with van der Waals surface area (Å²) in [5.41, 5.74) is 1.57. The van der Waals surface area contributed by atoms with Gasteiger partial charge in [-0.2, -0.15) is 0 Å². The molecule has 4 rings (SSSR count). The van der Waals surface area contributed by atoms with Gasteiger partial charge in [0.2, 0.25) is 0 Å². The summed E-state index contributed by atoms with van der Waals surface area (Å²) in [5.74, 6) is 1.94. The van der Waals surface area contributed by atoms with Crippen LogP contribution < -0.4 is 0 Å². The number of aliphatic hydroxyl groups is 2. The predicted molar refractivity (Wildman–Crippen MR) is 118 cm³/mol. The normalized spacial score (nSPS) is 50.5. The fraction of sp³-hybridized carbons (Fsp3) is 0.885. The molecule has 30 heavy (non-hydrogen) atoms. The van der Waals surface area contributed by atoms with Crippen LogP contribution in [0.5, 0.6) is 0 Å². The van der Waals surface area contributed by atoms with Crippen molar-refractivity contribution < 1.29 is 20.1 Å². The maximum Gasteiger partial charge on any atom is 0.303 e. The van der Waals surface area contributed by atoms with Gasteiger partial charge in [0.15, 0.2) is 0 Å². The lowest BCUT2D eigenvalue weighted by molar-refractivity contribution is -0.147. The highest BCUT2D eigenvalue weighted by Gasteiger charge is 2.63. The Hall–Kier alpha value is -0.870. The molecule has 0 aromatic rings. The van der Waals surface area contributed by atoms with Crippen molar-refractivity contribution in [2.24, 2.45) is 46.3 Å². The van der Waals surface area contributed by atoms with E-state index < -0.39 is 5.97 Å². The first-order chi connectivity index (χ1) is 14.1. The first-order valence-corrected chi connectivity index (χ1v) is 12.4. The smallest absolute Gasteiger partial charge is 0.303 e. The lowest BCUT2D eigenvalue weighted by Gasteiger charge is -2.63. The van der Waals surface area contributed by atoms with E-state index in [0.29, 0.717) is 35.5 Å². The Kier molecular flexibility index (Phi) is 5.89. The third-order valence-corrected chi connectivity index (χ3v) is 10.5. The Morgan fingerprint density at radius 3 is 2.43 bits per heavy atom. The van der Waals surface area contributed by atoms with Gasteiger partial charge in [0.25, 0.3) is 0 Å². The minimum absolute atomic E-state index is 0.180. The maximum absolute atomic E-state index is 11.6. The first kappa shape index (κ1) is 22.3. The second-order valence-electron chi connectivity index (χ2n) is 11.6. The number of hydrogen-bond donors (Lipinski definition) is 3. The van der Waals surface area contributed by atoms with Crippen LogP contribution in [-0.4, -0.2) is 33.5 Å². The summed E-state index contributed by atoms with van der Waals surface area (Å²) < 4.78 is 0. The van der Waals surface area contributed by atoms with Crippen molar-refractivity contribution in [3.05, 3.63) is 11.6 Å². The maximum atomic E-state index is 11.6. The second-order valence-corrected chi connectivity index (χ2v) is 11.6. The standard InChI is InChI=1S/C26H42O4/c1-5-17-21-14-16(27)10-12-26(21,4)20-11-13-25(3)18(15(2)6-9-22(28)29)7-8-19(25)23(20)24(17)30/h5,15-16,18-21,23-24,27,30H,6-14H2,1-4H3,(H,28,29)/b17-5-/t15-,16-,18?,19?,20?,21?,23?,24?,25-,26-/m1/s1. The molecule has 0 amide bonds. The number of carboxylic acid groups (broad SMARTS) is 1. The minimum Gasteiger partial charge on any atom is -0.481 e. The molecule has 0 saturated heterocycles. The van der Waals surface area contributed by atoms with Crippen LogP contribution in [0.2, 0.25) is 0 Å². The van der Waals surface area contributed by atoms with E-state index in [9.17, 15) is 15.0 Å². The van der Waals surface area contributed by atoms with Crippen LogP contribution in [0.1, 0.15) is 85.5 Å². The highest BCUT2D eigenvalue weighted by molar-refractivity contribution is 5.66. The van der Waals surface area contributed by atoms with E-state index in [1.54, 1.807) is 0 Å². The Morgan fingerprint density at radius 2 is 1.77 bits per heavy atom. The number of fused-ring (bicyclic) bond motifs is 5. The Morgan fingerprint density at radius 1 is 1.10 bits per heavy atom. The summed E-state index contributed by atoms with van der Waals surface area (Å²) in [5, 5.41) is 31.2.